The highest BCUT2D eigenvalue weighted by Gasteiger charge is 2.21. The number of aromatic nitrogens is 4. The van der Waals surface area contributed by atoms with Gasteiger partial charge < -0.3 is 9.67 Å². The molecule has 0 spiro atoms. The number of aliphatic hydroxyl groups excluding tert-OH is 1. The molecule has 5 nitrogen and oxygen atoms in total. The second kappa shape index (κ2) is 5.67. The van der Waals surface area contributed by atoms with Crippen molar-refractivity contribution in [3.8, 4) is 0 Å². The fraction of sp³-hybridized carbons (Fsp3) is 0.500. The molecule has 0 fully saturated rings. The highest BCUT2D eigenvalue weighted by Crippen LogP contribution is 2.28. The van der Waals surface area contributed by atoms with Crippen LogP contribution in [0, 0.1) is 0 Å². The van der Waals surface area contributed by atoms with Crippen LogP contribution in [0.1, 0.15) is 37.8 Å². The number of hydrogen-bond donors (Lipinski definition) is 1. The van der Waals surface area contributed by atoms with Crippen molar-refractivity contribution in [3.05, 3.63) is 34.6 Å². The minimum absolute atomic E-state index is 0.712. The van der Waals surface area contributed by atoms with Crippen LogP contribution in [0.5, 0.6) is 0 Å². The molecule has 0 radical (unpaired) electrons. The van der Waals surface area contributed by atoms with Gasteiger partial charge in [0.2, 0.25) is 0 Å². The summed E-state index contributed by atoms with van der Waals surface area (Å²) in [5, 5.41) is 14.7. The molecule has 0 saturated heterocycles. The van der Waals surface area contributed by atoms with E-state index in [1.165, 1.54) is 0 Å². The van der Waals surface area contributed by atoms with E-state index in [1.54, 1.807) is 23.4 Å². The zero-order valence-electron chi connectivity index (χ0n) is 10.5. The molecule has 2 aromatic heterocycles. The molecular weight excluding hydrogens is 296 g/mol. The van der Waals surface area contributed by atoms with Crippen LogP contribution in [-0.2, 0) is 13.1 Å². The summed E-state index contributed by atoms with van der Waals surface area (Å²) >= 11 is 3.43. The Bertz CT molecular complexity index is 520. The van der Waals surface area contributed by atoms with E-state index in [4.69, 9.17) is 0 Å². The first kappa shape index (κ1) is 13.3. The monoisotopic (exact) mass is 312 g/mol. The molecule has 6 heteroatoms. The molecular formula is C12H17BrN4O. The first-order valence-corrected chi connectivity index (χ1v) is 6.87. The lowest BCUT2D eigenvalue weighted by Gasteiger charge is -2.15. The summed E-state index contributed by atoms with van der Waals surface area (Å²) in [4.78, 5) is 4.11. The maximum absolute atomic E-state index is 10.5. The lowest BCUT2D eigenvalue weighted by atomic mass is 10.2. The van der Waals surface area contributed by atoms with Crippen molar-refractivity contribution in [2.75, 3.05) is 0 Å². The number of aliphatic hydroxyl groups is 1. The van der Waals surface area contributed by atoms with E-state index in [0.29, 0.717) is 0 Å². The molecule has 0 saturated carbocycles. The molecule has 1 unspecified atom stereocenters. The quantitative estimate of drug-likeness (QED) is 0.922. The zero-order chi connectivity index (χ0) is 13.1. The molecule has 98 valence electrons. The van der Waals surface area contributed by atoms with Gasteiger partial charge in [-0.3, -0.25) is 4.68 Å². The van der Waals surface area contributed by atoms with Gasteiger partial charge in [-0.05, 0) is 29.3 Å². The third kappa shape index (κ3) is 2.35. The molecule has 2 heterocycles. The van der Waals surface area contributed by atoms with E-state index in [1.807, 2.05) is 11.5 Å². The molecule has 1 atom stereocenters. The van der Waals surface area contributed by atoms with Crippen LogP contribution in [0.3, 0.4) is 0 Å². The summed E-state index contributed by atoms with van der Waals surface area (Å²) in [5.41, 5.74) is 1.57. The van der Waals surface area contributed by atoms with Gasteiger partial charge in [0.1, 0.15) is 6.10 Å². The van der Waals surface area contributed by atoms with E-state index in [9.17, 15) is 5.11 Å². The van der Waals surface area contributed by atoms with Gasteiger partial charge >= 0.3 is 0 Å². The Hall–Kier alpha value is -1.14. The molecule has 2 aromatic rings. The van der Waals surface area contributed by atoms with E-state index in [0.717, 1.165) is 35.4 Å². The lowest BCUT2D eigenvalue weighted by molar-refractivity contribution is 0.197. The first-order valence-electron chi connectivity index (χ1n) is 6.08. The summed E-state index contributed by atoms with van der Waals surface area (Å²) < 4.78 is 4.59. The molecule has 2 rings (SSSR count). The van der Waals surface area contributed by atoms with Crippen molar-refractivity contribution in [2.45, 2.75) is 39.5 Å². The summed E-state index contributed by atoms with van der Waals surface area (Å²) in [6, 6.07) is 0. The third-order valence-corrected chi connectivity index (χ3v) is 3.49. The third-order valence-electron chi connectivity index (χ3n) is 2.88. The van der Waals surface area contributed by atoms with Crippen LogP contribution in [0.4, 0.5) is 0 Å². The van der Waals surface area contributed by atoms with Gasteiger partial charge in [-0.15, -0.1) is 0 Å². The Kier molecular flexibility index (Phi) is 4.19. The first-order chi connectivity index (χ1) is 8.69. The van der Waals surface area contributed by atoms with Gasteiger partial charge in [-0.25, -0.2) is 4.98 Å². The standard InChI is InChI=1S/C12H17BrN4O/c1-3-5-16-8-14-7-10(16)12(18)11-9(13)6-15-17(11)4-2/h6-8,12,18H,3-5H2,1-2H3. The molecule has 0 aromatic carbocycles. The number of imidazole rings is 1. The Morgan fingerprint density at radius 1 is 1.39 bits per heavy atom. The maximum Gasteiger partial charge on any atom is 0.138 e. The number of hydrogen-bond acceptors (Lipinski definition) is 3. The molecule has 0 amide bonds. The van der Waals surface area contributed by atoms with Gasteiger partial charge in [0.15, 0.2) is 0 Å². The average Bonchev–Trinajstić information content (AvgIpc) is 2.95. The Morgan fingerprint density at radius 2 is 2.17 bits per heavy atom. The van der Waals surface area contributed by atoms with Crippen LogP contribution in [0.15, 0.2) is 23.2 Å². The van der Waals surface area contributed by atoms with Crippen molar-refractivity contribution in [2.24, 2.45) is 0 Å². The van der Waals surface area contributed by atoms with E-state index in [2.05, 4.69) is 32.9 Å². The summed E-state index contributed by atoms with van der Waals surface area (Å²) in [5.74, 6) is 0. The van der Waals surface area contributed by atoms with Crippen LogP contribution in [-0.4, -0.2) is 24.4 Å². The fourth-order valence-corrected chi connectivity index (χ4v) is 2.54. The smallest absolute Gasteiger partial charge is 0.138 e. The largest absolute Gasteiger partial charge is 0.380 e. The lowest BCUT2D eigenvalue weighted by Crippen LogP contribution is -2.13. The van der Waals surface area contributed by atoms with E-state index < -0.39 is 6.10 Å². The van der Waals surface area contributed by atoms with Crippen molar-refractivity contribution in [3.63, 3.8) is 0 Å². The SMILES string of the molecule is CCCn1cncc1C(O)c1c(Br)cnn1CC. The minimum Gasteiger partial charge on any atom is -0.380 e. The average molecular weight is 313 g/mol. The second-order valence-corrected chi connectivity index (χ2v) is 4.96. The fourth-order valence-electron chi connectivity index (χ4n) is 2.02. The van der Waals surface area contributed by atoms with Crippen LogP contribution >= 0.6 is 15.9 Å². The normalized spacial score (nSPS) is 12.9. The molecule has 18 heavy (non-hydrogen) atoms. The molecule has 1 N–H and O–H groups in total. The Morgan fingerprint density at radius 3 is 2.83 bits per heavy atom. The summed E-state index contributed by atoms with van der Waals surface area (Å²) in [6.45, 7) is 5.67. The Balaban J connectivity index is 2.38. The molecule has 0 aliphatic carbocycles. The highest BCUT2D eigenvalue weighted by atomic mass is 79.9. The van der Waals surface area contributed by atoms with Crippen molar-refractivity contribution in [1.82, 2.24) is 19.3 Å². The minimum atomic E-state index is -0.712. The van der Waals surface area contributed by atoms with Gasteiger partial charge in [0, 0.05) is 13.1 Å². The maximum atomic E-state index is 10.5. The van der Waals surface area contributed by atoms with Gasteiger partial charge in [0.25, 0.3) is 0 Å². The number of aryl methyl sites for hydroxylation is 2. The Labute approximate surface area is 115 Å². The predicted octanol–water partition coefficient (Wildman–Crippen LogP) is 2.35. The number of rotatable bonds is 5. The molecule has 0 aliphatic heterocycles. The van der Waals surface area contributed by atoms with Crippen LogP contribution < -0.4 is 0 Å². The second-order valence-electron chi connectivity index (χ2n) is 4.11. The molecule has 0 bridgehead atoms. The van der Waals surface area contributed by atoms with Crippen LogP contribution in [0.2, 0.25) is 0 Å². The predicted molar refractivity (Wildman–Crippen MR) is 72.2 cm³/mol. The van der Waals surface area contributed by atoms with Gasteiger partial charge in [-0.1, -0.05) is 6.92 Å². The van der Waals surface area contributed by atoms with Crippen LogP contribution in [0.25, 0.3) is 0 Å². The number of nitrogens with zero attached hydrogens (tertiary/aromatic N) is 4. The van der Waals surface area contributed by atoms with Gasteiger partial charge in [-0.2, -0.15) is 5.10 Å². The number of halogens is 1. The van der Waals surface area contributed by atoms with Crippen molar-refractivity contribution in [1.29, 1.82) is 0 Å². The van der Waals surface area contributed by atoms with Crippen molar-refractivity contribution < 1.29 is 5.11 Å². The highest BCUT2D eigenvalue weighted by molar-refractivity contribution is 9.10. The van der Waals surface area contributed by atoms with E-state index in [-0.39, 0.29) is 0 Å². The van der Waals surface area contributed by atoms with Crippen molar-refractivity contribution >= 4 is 15.9 Å². The van der Waals surface area contributed by atoms with Gasteiger partial charge in [0.05, 0.1) is 34.6 Å². The topological polar surface area (TPSA) is 55.9 Å². The molecule has 0 aliphatic rings. The summed E-state index contributed by atoms with van der Waals surface area (Å²) in [6.07, 6.45) is 5.46. The van der Waals surface area contributed by atoms with E-state index >= 15 is 0 Å². The summed E-state index contributed by atoms with van der Waals surface area (Å²) in [7, 11) is 0. The zero-order valence-corrected chi connectivity index (χ0v) is 12.1.